The van der Waals surface area contributed by atoms with E-state index in [0.717, 1.165) is 30.8 Å². The van der Waals surface area contributed by atoms with Crippen LogP contribution in [0.25, 0.3) is 0 Å². The molecule has 1 heterocycles. The summed E-state index contributed by atoms with van der Waals surface area (Å²) in [5.41, 5.74) is 1.49. The lowest BCUT2D eigenvalue weighted by Gasteiger charge is -2.26. The zero-order valence-corrected chi connectivity index (χ0v) is 13.5. The van der Waals surface area contributed by atoms with Crippen molar-refractivity contribution in [2.45, 2.75) is 18.9 Å². The van der Waals surface area contributed by atoms with Crippen LogP contribution in [0.3, 0.4) is 0 Å². The van der Waals surface area contributed by atoms with Gasteiger partial charge in [0.15, 0.2) is 0 Å². The number of likely N-dealkylation sites (tertiary alicyclic amines) is 1. The highest BCUT2D eigenvalue weighted by Gasteiger charge is 2.32. The summed E-state index contributed by atoms with van der Waals surface area (Å²) >= 11 is 5.86. The van der Waals surface area contributed by atoms with Crippen molar-refractivity contribution in [3.8, 4) is 11.5 Å². The Morgan fingerprint density at radius 3 is 2.75 bits per heavy atom. The van der Waals surface area contributed by atoms with E-state index in [1.807, 2.05) is 6.07 Å². The Balaban J connectivity index is 1.94. The zero-order valence-electron chi connectivity index (χ0n) is 12.8. The van der Waals surface area contributed by atoms with Gasteiger partial charge in [0.05, 0.1) is 16.6 Å². The minimum Gasteiger partial charge on any atom is -0.507 e. The van der Waals surface area contributed by atoms with Crippen molar-refractivity contribution in [2.75, 3.05) is 6.54 Å². The normalized spacial score (nSPS) is 17.0. The number of aromatic hydroxyl groups is 2. The third kappa shape index (κ3) is 2.95. The molecule has 2 aromatic rings. The lowest BCUT2D eigenvalue weighted by molar-refractivity contribution is 0.0732. The van der Waals surface area contributed by atoms with Crippen molar-refractivity contribution in [2.24, 2.45) is 0 Å². The molecule has 1 saturated heterocycles. The standard InChI is InChI=1S/C18H16ClNO4/c19-14-8-13(16(22)9-17(14)23)18(24)20-6-2-5-15(20)12-4-1-3-11(7-12)10-21/h1,3-4,7-10,15,22-23H,2,5-6H2. The van der Waals surface area contributed by atoms with E-state index < -0.39 is 0 Å². The molecule has 1 unspecified atom stereocenters. The first-order chi connectivity index (χ1) is 11.5. The highest BCUT2D eigenvalue weighted by atomic mass is 35.5. The fourth-order valence-corrected chi connectivity index (χ4v) is 3.24. The third-order valence-corrected chi connectivity index (χ3v) is 4.54. The van der Waals surface area contributed by atoms with Crippen molar-refractivity contribution in [1.29, 1.82) is 0 Å². The van der Waals surface area contributed by atoms with Gasteiger partial charge in [-0.05, 0) is 30.5 Å². The van der Waals surface area contributed by atoms with E-state index in [4.69, 9.17) is 11.6 Å². The fourth-order valence-electron chi connectivity index (χ4n) is 3.07. The summed E-state index contributed by atoms with van der Waals surface area (Å²) in [4.78, 5) is 25.5. The van der Waals surface area contributed by atoms with Gasteiger partial charge in [0, 0.05) is 18.2 Å². The van der Waals surface area contributed by atoms with E-state index in [9.17, 15) is 19.8 Å². The summed E-state index contributed by atoms with van der Waals surface area (Å²) in [6.07, 6.45) is 2.38. The van der Waals surface area contributed by atoms with Gasteiger partial charge in [-0.25, -0.2) is 0 Å². The van der Waals surface area contributed by atoms with Gasteiger partial charge < -0.3 is 15.1 Å². The molecule has 0 spiro atoms. The molecule has 1 atom stereocenters. The molecule has 24 heavy (non-hydrogen) atoms. The van der Waals surface area contributed by atoms with Crippen LogP contribution >= 0.6 is 11.6 Å². The summed E-state index contributed by atoms with van der Waals surface area (Å²) in [7, 11) is 0. The van der Waals surface area contributed by atoms with Gasteiger partial charge in [0.25, 0.3) is 5.91 Å². The Morgan fingerprint density at radius 2 is 2.00 bits per heavy atom. The van der Waals surface area contributed by atoms with Gasteiger partial charge in [-0.2, -0.15) is 0 Å². The number of hydrogen-bond donors (Lipinski definition) is 2. The first-order valence-corrected chi connectivity index (χ1v) is 7.96. The Hall–Kier alpha value is -2.53. The molecule has 0 saturated carbocycles. The highest BCUT2D eigenvalue weighted by Crippen LogP contribution is 2.37. The van der Waals surface area contributed by atoms with Crippen LogP contribution in [0.4, 0.5) is 0 Å². The summed E-state index contributed by atoms with van der Waals surface area (Å²) in [5, 5.41) is 19.5. The summed E-state index contributed by atoms with van der Waals surface area (Å²) in [5.74, 6) is -0.940. The molecular weight excluding hydrogens is 330 g/mol. The minimum atomic E-state index is -0.353. The SMILES string of the molecule is O=Cc1cccc(C2CCCN2C(=O)c2cc(Cl)c(O)cc2O)c1. The van der Waals surface area contributed by atoms with Crippen molar-refractivity contribution >= 4 is 23.8 Å². The molecule has 6 heteroatoms. The Morgan fingerprint density at radius 1 is 1.21 bits per heavy atom. The molecule has 0 aliphatic carbocycles. The third-order valence-electron chi connectivity index (χ3n) is 4.24. The molecule has 0 aromatic heterocycles. The molecule has 2 N–H and O–H groups in total. The maximum Gasteiger partial charge on any atom is 0.258 e. The number of nitrogens with zero attached hydrogens (tertiary/aromatic N) is 1. The van der Waals surface area contributed by atoms with Gasteiger partial charge in [0.2, 0.25) is 0 Å². The van der Waals surface area contributed by atoms with Crippen molar-refractivity contribution < 1.29 is 19.8 Å². The van der Waals surface area contributed by atoms with Crippen LogP contribution in [-0.2, 0) is 0 Å². The Labute approximate surface area is 144 Å². The minimum absolute atomic E-state index is 0.00912. The van der Waals surface area contributed by atoms with E-state index in [1.165, 1.54) is 6.07 Å². The quantitative estimate of drug-likeness (QED) is 0.834. The molecule has 1 fully saturated rings. The molecule has 0 radical (unpaired) electrons. The second-order valence-corrected chi connectivity index (χ2v) is 6.17. The summed E-state index contributed by atoms with van der Waals surface area (Å²) in [6, 6.07) is 9.32. The Bertz CT molecular complexity index is 806. The number of carbonyl (C=O) groups excluding carboxylic acids is 2. The van der Waals surface area contributed by atoms with Crippen LogP contribution in [-0.4, -0.2) is 33.9 Å². The number of carbonyl (C=O) groups is 2. The molecule has 0 bridgehead atoms. The lowest BCUT2D eigenvalue weighted by Crippen LogP contribution is -2.30. The fraction of sp³-hybridized carbons (Fsp3) is 0.222. The van der Waals surface area contributed by atoms with Crippen molar-refractivity contribution in [3.05, 3.63) is 58.1 Å². The number of aldehydes is 1. The van der Waals surface area contributed by atoms with Gasteiger partial charge in [0.1, 0.15) is 17.8 Å². The average molecular weight is 346 g/mol. The van der Waals surface area contributed by atoms with Crippen molar-refractivity contribution in [3.63, 3.8) is 0 Å². The Kier molecular flexibility index (Phi) is 4.44. The number of rotatable bonds is 3. The molecule has 1 aliphatic heterocycles. The van der Waals surface area contributed by atoms with E-state index in [-0.39, 0.29) is 34.0 Å². The number of benzene rings is 2. The zero-order chi connectivity index (χ0) is 17.3. The summed E-state index contributed by atoms with van der Waals surface area (Å²) in [6.45, 7) is 0.548. The van der Waals surface area contributed by atoms with E-state index >= 15 is 0 Å². The molecule has 2 aromatic carbocycles. The van der Waals surface area contributed by atoms with Crippen molar-refractivity contribution in [1.82, 2.24) is 4.90 Å². The monoisotopic (exact) mass is 345 g/mol. The molecular formula is C18H16ClNO4. The number of amides is 1. The molecule has 5 nitrogen and oxygen atoms in total. The number of hydrogen-bond acceptors (Lipinski definition) is 4. The van der Waals surface area contributed by atoms with Gasteiger partial charge in [-0.3, -0.25) is 9.59 Å². The number of phenolic OH excluding ortho intramolecular Hbond substituents is 2. The highest BCUT2D eigenvalue weighted by molar-refractivity contribution is 6.32. The van der Waals surface area contributed by atoms with Crippen LogP contribution in [0.15, 0.2) is 36.4 Å². The maximum absolute atomic E-state index is 12.8. The smallest absolute Gasteiger partial charge is 0.258 e. The van der Waals surface area contributed by atoms with Crippen LogP contribution in [0, 0.1) is 0 Å². The topological polar surface area (TPSA) is 77.8 Å². The largest absolute Gasteiger partial charge is 0.507 e. The van der Waals surface area contributed by atoms with Crippen LogP contribution < -0.4 is 0 Å². The molecule has 1 aliphatic rings. The van der Waals surface area contributed by atoms with Gasteiger partial charge in [-0.15, -0.1) is 0 Å². The van der Waals surface area contributed by atoms with Gasteiger partial charge >= 0.3 is 0 Å². The molecule has 1 amide bonds. The van der Waals surface area contributed by atoms with E-state index in [1.54, 1.807) is 23.1 Å². The number of halogens is 1. The van der Waals surface area contributed by atoms with E-state index in [2.05, 4.69) is 0 Å². The van der Waals surface area contributed by atoms with Crippen LogP contribution in [0.5, 0.6) is 11.5 Å². The molecule has 124 valence electrons. The van der Waals surface area contributed by atoms with Crippen LogP contribution in [0.1, 0.15) is 45.2 Å². The predicted octanol–water partition coefficient (Wildman–Crippen LogP) is 3.54. The molecule has 3 rings (SSSR count). The second-order valence-electron chi connectivity index (χ2n) is 5.77. The first kappa shape index (κ1) is 16.3. The van der Waals surface area contributed by atoms with Gasteiger partial charge in [-0.1, -0.05) is 29.8 Å². The second kappa shape index (κ2) is 6.53. The average Bonchev–Trinajstić information content (AvgIpc) is 3.07. The predicted molar refractivity (Wildman–Crippen MR) is 89.6 cm³/mol. The number of phenols is 2. The lowest BCUT2D eigenvalue weighted by atomic mass is 10.0. The maximum atomic E-state index is 12.8. The summed E-state index contributed by atoms with van der Waals surface area (Å²) < 4.78 is 0. The van der Waals surface area contributed by atoms with Crippen LogP contribution in [0.2, 0.25) is 5.02 Å². The van der Waals surface area contributed by atoms with E-state index in [0.29, 0.717) is 12.1 Å². The first-order valence-electron chi connectivity index (χ1n) is 7.59.